The zero-order valence-corrected chi connectivity index (χ0v) is 10.3. The highest BCUT2D eigenvalue weighted by Gasteiger charge is 2.44. The summed E-state index contributed by atoms with van der Waals surface area (Å²) in [7, 11) is 0. The van der Waals surface area contributed by atoms with Gasteiger partial charge in [0.1, 0.15) is 0 Å². The van der Waals surface area contributed by atoms with Crippen LogP contribution < -0.4 is 10.6 Å². The lowest BCUT2D eigenvalue weighted by Crippen LogP contribution is -2.27. The first-order valence-corrected chi connectivity index (χ1v) is 6.94. The molecule has 2 nitrogen and oxygen atoms in total. The summed E-state index contributed by atoms with van der Waals surface area (Å²) in [5.41, 5.74) is 12.6. The second kappa shape index (κ2) is 3.26. The predicted molar refractivity (Wildman–Crippen MR) is 70.6 cm³/mol. The minimum Gasteiger partial charge on any atom is -0.371 e. The number of hydrogen-bond donors (Lipinski definition) is 1. The van der Waals surface area contributed by atoms with E-state index in [0.717, 1.165) is 6.54 Å². The number of hydrogen-bond acceptors (Lipinski definition) is 2. The lowest BCUT2D eigenvalue weighted by molar-refractivity contribution is 0.694. The molecule has 2 N–H and O–H groups in total. The summed E-state index contributed by atoms with van der Waals surface area (Å²) in [5.74, 6) is 0. The van der Waals surface area contributed by atoms with Gasteiger partial charge in [-0.1, -0.05) is 12.1 Å². The van der Waals surface area contributed by atoms with E-state index in [2.05, 4.69) is 17.0 Å². The Balaban J connectivity index is 1.85. The highest BCUT2D eigenvalue weighted by atomic mass is 15.2. The van der Waals surface area contributed by atoms with E-state index in [9.17, 15) is 0 Å². The summed E-state index contributed by atoms with van der Waals surface area (Å²) in [5, 5.41) is 0. The molecular formula is C15H20N2. The molecule has 0 aromatic heterocycles. The largest absolute Gasteiger partial charge is 0.371 e. The van der Waals surface area contributed by atoms with Gasteiger partial charge in [-0.15, -0.1) is 0 Å². The van der Waals surface area contributed by atoms with Crippen molar-refractivity contribution < 1.29 is 0 Å². The van der Waals surface area contributed by atoms with Crippen LogP contribution in [-0.4, -0.2) is 19.6 Å². The van der Waals surface area contributed by atoms with E-state index in [1.54, 1.807) is 16.8 Å². The lowest BCUT2D eigenvalue weighted by atomic mass is 9.89. The van der Waals surface area contributed by atoms with Gasteiger partial charge in [0.05, 0.1) is 0 Å². The van der Waals surface area contributed by atoms with Gasteiger partial charge < -0.3 is 10.6 Å². The quantitative estimate of drug-likeness (QED) is 0.838. The minimum atomic E-state index is 0.358. The van der Waals surface area contributed by atoms with E-state index in [-0.39, 0.29) is 0 Å². The number of benzene rings is 1. The highest BCUT2D eigenvalue weighted by molar-refractivity contribution is 5.66. The van der Waals surface area contributed by atoms with Crippen LogP contribution in [0.4, 0.5) is 5.69 Å². The fraction of sp³-hybridized carbons (Fsp3) is 0.600. The van der Waals surface area contributed by atoms with Gasteiger partial charge in [-0.2, -0.15) is 0 Å². The summed E-state index contributed by atoms with van der Waals surface area (Å²) >= 11 is 0. The summed E-state index contributed by atoms with van der Waals surface area (Å²) < 4.78 is 0. The van der Waals surface area contributed by atoms with Crippen molar-refractivity contribution in [3.8, 4) is 0 Å². The smallest absolute Gasteiger partial charge is 0.0432 e. The van der Waals surface area contributed by atoms with Crippen LogP contribution in [0, 0.1) is 0 Å². The number of nitrogens with two attached hydrogens (primary N) is 1. The molecule has 90 valence electrons. The lowest BCUT2D eigenvalue weighted by Gasteiger charge is -2.28. The molecule has 0 spiro atoms. The molecular weight excluding hydrogens is 208 g/mol. The van der Waals surface area contributed by atoms with E-state index in [1.807, 2.05) is 0 Å². The fourth-order valence-corrected chi connectivity index (χ4v) is 3.67. The average Bonchev–Trinajstić information content (AvgIpc) is 3.07. The molecule has 2 aliphatic heterocycles. The van der Waals surface area contributed by atoms with Crippen molar-refractivity contribution in [2.75, 3.05) is 24.5 Å². The number of rotatable bonds is 2. The Morgan fingerprint density at radius 3 is 2.59 bits per heavy atom. The molecule has 0 bridgehead atoms. The van der Waals surface area contributed by atoms with Gasteiger partial charge in [-0.3, -0.25) is 0 Å². The van der Waals surface area contributed by atoms with Gasteiger partial charge in [0, 0.05) is 30.7 Å². The first-order chi connectivity index (χ1) is 8.32. The first kappa shape index (κ1) is 9.95. The second-order valence-electron chi connectivity index (χ2n) is 5.97. The van der Waals surface area contributed by atoms with Gasteiger partial charge >= 0.3 is 0 Å². The van der Waals surface area contributed by atoms with Crippen molar-refractivity contribution in [1.82, 2.24) is 0 Å². The van der Waals surface area contributed by atoms with Gasteiger partial charge in [0.15, 0.2) is 0 Å². The molecule has 1 fully saturated rings. The van der Waals surface area contributed by atoms with E-state index in [1.165, 1.54) is 50.8 Å². The Hall–Kier alpha value is -1.02. The number of nitrogens with zero attached hydrogens (tertiary/aromatic N) is 1. The van der Waals surface area contributed by atoms with Gasteiger partial charge in [-0.25, -0.2) is 0 Å². The van der Waals surface area contributed by atoms with Crippen molar-refractivity contribution >= 4 is 5.69 Å². The molecule has 3 aliphatic rings. The van der Waals surface area contributed by atoms with E-state index < -0.39 is 0 Å². The van der Waals surface area contributed by atoms with E-state index in [0.29, 0.717) is 5.41 Å². The Labute approximate surface area is 103 Å². The maximum atomic E-state index is 5.97. The molecule has 0 saturated heterocycles. The molecule has 4 rings (SSSR count). The molecule has 1 aromatic rings. The third-order valence-corrected chi connectivity index (χ3v) is 4.97. The van der Waals surface area contributed by atoms with Crippen molar-refractivity contribution in [2.24, 2.45) is 5.73 Å². The molecule has 2 heteroatoms. The van der Waals surface area contributed by atoms with Crippen molar-refractivity contribution in [2.45, 2.75) is 37.5 Å². The van der Waals surface area contributed by atoms with Crippen molar-refractivity contribution in [3.05, 3.63) is 28.8 Å². The van der Waals surface area contributed by atoms with Gasteiger partial charge in [0.2, 0.25) is 0 Å². The summed E-state index contributed by atoms with van der Waals surface area (Å²) in [4.78, 5) is 2.58. The van der Waals surface area contributed by atoms with Crippen LogP contribution in [0.15, 0.2) is 12.1 Å². The Morgan fingerprint density at radius 1 is 1.12 bits per heavy atom. The van der Waals surface area contributed by atoms with Gasteiger partial charge in [-0.05, 0) is 48.8 Å². The third kappa shape index (κ3) is 1.30. The molecule has 0 amide bonds. The predicted octanol–water partition coefficient (Wildman–Crippen LogP) is 1.99. The van der Waals surface area contributed by atoms with Crippen LogP contribution in [0.25, 0.3) is 0 Å². The normalized spacial score (nSPS) is 23.7. The SMILES string of the molecule is NCC1(c2cc3c4c(c2)CCN4CCC3)CC1. The maximum Gasteiger partial charge on any atom is 0.0432 e. The zero-order valence-electron chi connectivity index (χ0n) is 10.3. The van der Waals surface area contributed by atoms with Crippen LogP contribution >= 0.6 is 0 Å². The van der Waals surface area contributed by atoms with Crippen molar-refractivity contribution in [3.63, 3.8) is 0 Å². The number of anilines is 1. The Bertz CT molecular complexity index is 474. The van der Waals surface area contributed by atoms with E-state index >= 15 is 0 Å². The van der Waals surface area contributed by atoms with Crippen LogP contribution in [0.3, 0.4) is 0 Å². The topological polar surface area (TPSA) is 29.3 Å². The fourth-order valence-electron chi connectivity index (χ4n) is 3.67. The minimum absolute atomic E-state index is 0.358. The number of aryl methyl sites for hydroxylation is 1. The molecule has 1 aliphatic carbocycles. The Kier molecular flexibility index (Phi) is 1.91. The molecule has 1 aromatic carbocycles. The highest BCUT2D eigenvalue weighted by Crippen LogP contribution is 2.49. The van der Waals surface area contributed by atoms with Crippen LogP contribution in [-0.2, 0) is 18.3 Å². The maximum absolute atomic E-state index is 5.97. The molecule has 0 atom stereocenters. The van der Waals surface area contributed by atoms with Gasteiger partial charge in [0.25, 0.3) is 0 Å². The second-order valence-corrected chi connectivity index (χ2v) is 5.97. The monoisotopic (exact) mass is 228 g/mol. The Morgan fingerprint density at radius 2 is 1.88 bits per heavy atom. The standard InChI is InChI=1S/C15H20N2/c16-10-15(4-5-15)13-8-11-2-1-6-17-7-3-12(9-13)14(11)17/h8-9H,1-7,10,16H2. The van der Waals surface area contributed by atoms with E-state index in [4.69, 9.17) is 5.73 Å². The average molecular weight is 228 g/mol. The summed E-state index contributed by atoms with van der Waals surface area (Å²) in [6.45, 7) is 3.33. The summed E-state index contributed by atoms with van der Waals surface area (Å²) in [6.07, 6.45) is 6.44. The summed E-state index contributed by atoms with van der Waals surface area (Å²) in [6, 6.07) is 4.93. The van der Waals surface area contributed by atoms with Crippen LogP contribution in [0.1, 0.15) is 36.0 Å². The first-order valence-electron chi connectivity index (χ1n) is 6.94. The molecule has 17 heavy (non-hydrogen) atoms. The van der Waals surface area contributed by atoms with Crippen LogP contribution in [0.5, 0.6) is 0 Å². The molecule has 2 heterocycles. The third-order valence-electron chi connectivity index (χ3n) is 4.97. The zero-order chi connectivity index (χ0) is 11.5. The molecule has 1 saturated carbocycles. The van der Waals surface area contributed by atoms with Crippen LogP contribution in [0.2, 0.25) is 0 Å². The molecule has 0 unspecified atom stereocenters. The molecule has 0 radical (unpaired) electrons. The van der Waals surface area contributed by atoms with Crippen molar-refractivity contribution in [1.29, 1.82) is 0 Å².